The van der Waals surface area contributed by atoms with Crippen LogP contribution in [0, 0.1) is 0 Å². The van der Waals surface area contributed by atoms with Crippen molar-refractivity contribution in [3.63, 3.8) is 0 Å². The molecule has 0 spiro atoms. The number of carbonyl (C=O) groups excluding carboxylic acids is 2. The minimum absolute atomic E-state index is 0.0174. The Hall–Kier alpha value is -2.04. The highest BCUT2D eigenvalue weighted by Gasteiger charge is 2.08. The van der Waals surface area contributed by atoms with Gasteiger partial charge < -0.3 is 14.2 Å². The maximum atomic E-state index is 11.3. The molecule has 1 aromatic carbocycles. The summed E-state index contributed by atoms with van der Waals surface area (Å²) in [6, 6.07) is 5.09. The van der Waals surface area contributed by atoms with Gasteiger partial charge in [-0.2, -0.15) is 0 Å². The fourth-order valence-electron chi connectivity index (χ4n) is 1.61. The Labute approximate surface area is 118 Å². The summed E-state index contributed by atoms with van der Waals surface area (Å²) in [6.45, 7) is 3.79. The molecule has 0 N–H and O–H groups in total. The number of rotatable bonds is 8. The summed E-state index contributed by atoms with van der Waals surface area (Å²) >= 11 is 0. The minimum atomic E-state index is -0.271. The molecular weight excluding hydrogens is 260 g/mol. The van der Waals surface area contributed by atoms with Crippen molar-refractivity contribution in [2.24, 2.45) is 0 Å². The number of carbonyl (C=O) groups is 2. The molecule has 5 nitrogen and oxygen atoms in total. The van der Waals surface area contributed by atoms with Gasteiger partial charge in [0.25, 0.3) is 0 Å². The highest BCUT2D eigenvalue weighted by molar-refractivity contribution is 5.94. The fourth-order valence-corrected chi connectivity index (χ4v) is 1.61. The molecule has 110 valence electrons. The highest BCUT2D eigenvalue weighted by atomic mass is 16.5. The van der Waals surface area contributed by atoms with Gasteiger partial charge in [0.15, 0.2) is 17.3 Å². The van der Waals surface area contributed by atoms with E-state index >= 15 is 0 Å². The van der Waals surface area contributed by atoms with Crippen molar-refractivity contribution in [2.75, 3.05) is 20.3 Å². The molecular formula is C15H20O5. The zero-order valence-electron chi connectivity index (χ0n) is 12.1. The predicted octanol–water partition coefficient (Wildman–Crippen LogP) is 2.62. The van der Waals surface area contributed by atoms with Crippen LogP contribution in [0.5, 0.6) is 11.5 Å². The zero-order valence-corrected chi connectivity index (χ0v) is 12.1. The second kappa shape index (κ2) is 8.19. The average Bonchev–Trinajstić information content (AvgIpc) is 2.42. The average molecular weight is 280 g/mol. The van der Waals surface area contributed by atoms with Crippen molar-refractivity contribution >= 4 is 11.8 Å². The van der Waals surface area contributed by atoms with Gasteiger partial charge in [-0.15, -0.1) is 0 Å². The molecule has 0 aromatic heterocycles. The van der Waals surface area contributed by atoms with Gasteiger partial charge in [-0.25, -0.2) is 0 Å². The molecule has 5 heteroatoms. The summed E-state index contributed by atoms with van der Waals surface area (Å²) in [5, 5.41) is 0. The van der Waals surface area contributed by atoms with Crippen LogP contribution >= 0.6 is 0 Å². The van der Waals surface area contributed by atoms with E-state index in [4.69, 9.17) is 14.2 Å². The minimum Gasteiger partial charge on any atom is -0.493 e. The van der Waals surface area contributed by atoms with Crippen molar-refractivity contribution in [1.29, 1.82) is 0 Å². The summed E-state index contributed by atoms with van der Waals surface area (Å²) < 4.78 is 15.6. The van der Waals surface area contributed by atoms with Crippen LogP contribution in [0.25, 0.3) is 0 Å². The number of hydrogen-bond acceptors (Lipinski definition) is 5. The molecule has 0 heterocycles. The van der Waals surface area contributed by atoms with Gasteiger partial charge in [-0.05, 0) is 38.0 Å². The SMILES string of the molecule is COc1cc(C(C)=O)ccc1OCCCCOC(C)=O. The van der Waals surface area contributed by atoms with E-state index in [-0.39, 0.29) is 11.8 Å². The van der Waals surface area contributed by atoms with E-state index in [0.29, 0.717) is 30.3 Å². The third-order valence-corrected chi connectivity index (χ3v) is 2.67. The lowest BCUT2D eigenvalue weighted by atomic mass is 10.1. The fraction of sp³-hybridized carbons (Fsp3) is 0.467. The van der Waals surface area contributed by atoms with Crippen molar-refractivity contribution < 1.29 is 23.8 Å². The number of Topliss-reactive ketones (excluding diaryl/α,β-unsaturated/α-hetero) is 1. The van der Waals surface area contributed by atoms with Gasteiger partial charge in [0.2, 0.25) is 0 Å². The van der Waals surface area contributed by atoms with Crippen LogP contribution in [0.1, 0.15) is 37.0 Å². The standard InChI is InChI=1S/C15H20O5/c1-11(16)13-6-7-14(15(10-13)18-3)20-9-5-4-8-19-12(2)17/h6-7,10H,4-5,8-9H2,1-3H3. The first-order valence-electron chi connectivity index (χ1n) is 6.49. The number of ether oxygens (including phenoxy) is 3. The lowest BCUT2D eigenvalue weighted by Gasteiger charge is -2.11. The van der Waals surface area contributed by atoms with E-state index in [1.54, 1.807) is 18.2 Å². The highest BCUT2D eigenvalue weighted by Crippen LogP contribution is 2.28. The van der Waals surface area contributed by atoms with Gasteiger partial charge in [-0.1, -0.05) is 0 Å². The quantitative estimate of drug-likeness (QED) is 0.416. The Balaban J connectivity index is 2.43. The van der Waals surface area contributed by atoms with Crippen molar-refractivity contribution in [2.45, 2.75) is 26.7 Å². The Morgan fingerprint density at radius 3 is 2.35 bits per heavy atom. The lowest BCUT2D eigenvalue weighted by Crippen LogP contribution is -2.04. The Kier molecular flexibility index (Phi) is 6.56. The maximum absolute atomic E-state index is 11.3. The van der Waals surface area contributed by atoms with Crippen LogP contribution in [0.4, 0.5) is 0 Å². The van der Waals surface area contributed by atoms with Crippen LogP contribution < -0.4 is 9.47 Å². The molecule has 0 saturated heterocycles. The van der Waals surface area contributed by atoms with Gasteiger partial charge in [-0.3, -0.25) is 9.59 Å². The topological polar surface area (TPSA) is 61.8 Å². The van der Waals surface area contributed by atoms with Crippen molar-refractivity contribution in [1.82, 2.24) is 0 Å². The third-order valence-electron chi connectivity index (χ3n) is 2.67. The van der Waals surface area contributed by atoms with E-state index < -0.39 is 0 Å². The Morgan fingerprint density at radius 2 is 1.75 bits per heavy atom. The van der Waals surface area contributed by atoms with Crippen molar-refractivity contribution in [3.8, 4) is 11.5 Å². The maximum Gasteiger partial charge on any atom is 0.302 e. The van der Waals surface area contributed by atoms with Gasteiger partial charge in [0.05, 0.1) is 20.3 Å². The second-order valence-electron chi connectivity index (χ2n) is 4.32. The van der Waals surface area contributed by atoms with Crippen LogP contribution in [-0.4, -0.2) is 32.1 Å². The van der Waals surface area contributed by atoms with Gasteiger partial charge in [0.1, 0.15) is 0 Å². The molecule has 1 aromatic rings. The molecule has 0 amide bonds. The molecule has 0 unspecified atom stereocenters. The lowest BCUT2D eigenvalue weighted by molar-refractivity contribution is -0.141. The van der Waals surface area contributed by atoms with E-state index in [2.05, 4.69) is 0 Å². The number of benzene rings is 1. The summed E-state index contributed by atoms with van der Waals surface area (Å²) in [4.78, 5) is 21.8. The van der Waals surface area contributed by atoms with Crippen LogP contribution in [0.3, 0.4) is 0 Å². The van der Waals surface area contributed by atoms with E-state index in [1.165, 1.54) is 21.0 Å². The summed E-state index contributed by atoms with van der Waals surface area (Å²) in [5.74, 6) is 0.853. The van der Waals surface area contributed by atoms with Crippen LogP contribution in [0.15, 0.2) is 18.2 Å². The van der Waals surface area contributed by atoms with Crippen LogP contribution in [-0.2, 0) is 9.53 Å². The van der Waals surface area contributed by atoms with E-state index in [9.17, 15) is 9.59 Å². The first kappa shape index (κ1) is 16.0. The number of unbranched alkanes of at least 4 members (excludes halogenated alkanes) is 1. The monoisotopic (exact) mass is 280 g/mol. The molecule has 0 aliphatic heterocycles. The molecule has 20 heavy (non-hydrogen) atoms. The summed E-state index contributed by atoms with van der Waals surface area (Å²) in [6.07, 6.45) is 1.51. The largest absolute Gasteiger partial charge is 0.493 e. The first-order valence-corrected chi connectivity index (χ1v) is 6.49. The van der Waals surface area contributed by atoms with Gasteiger partial charge in [0, 0.05) is 12.5 Å². The predicted molar refractivity (Wildman–Crippen MR) is 74.4 cm³/mol. The molecule has 0 fully saturated rings. The summed E-state index contributed by atoms with van der Waals surface area (Å²) in [7, 11) is 1.53. The molecule has 0 bridgehead atoms. The molecule has 0 atom stereocenters. The molecule has 0 aliphatic rings. The number of hydrogen-bond donors (Lipinski definition) is 0. The number of ketones is 1. The molecule has 1 rings (SSSR count). The van der Waals surface area contributed by atoms with Gasteiger partial charge >= 0.3 is 5.97 Å². The Morgan fingerprint density at radius 1 is 1.05 bits per heavy atom. The third kappa shape index (κ3) is 5.30. The second-order valence-corrected chi connectivity index (χ2v) is 4.32. The zero-order chi connectivity index (χ0) is 15.0. The molecule has 0 aliphatic carbocycles. The number of methoxy groups -OCH3 is 1. The van der Waals surface area contributed by atoms with E-state index in [1.807, 2.05) is 0 Å². The van der Waals surface area contributed by atoms with Crippen LogP contribution in [0.2, 0.25) is 0 Å². The number of esters is 1. The Bertz CT molecular complexity index is 467. The first-order chi connectivity index (χ1) is 9.54. The van der Waals surface area contributed by atoms with E-state index in [0.717, 1.165) is 12.8 Å². The molecule has 0 saturated carbocycles. The van der Waals surface area contributed by atoms with Crippen molar-refractivity contribution in [3.05, 3.63) is 23.8 Å². The smallest absolute Gasteiger partial charge is 0.302 e. The summed E-state index contributed by atoms with van der Waals surface area (Å²) in [5.41, 5.74) is 0.587. The normalized spacial score (nSPS) is 9.95. The molecule has 0 radical (unpaired) electrons.